The molecule has 0 saturated heterocycles. The highest BCUT2D eigenvalue weighted by atomic mass is 16.5. The van der Waals surface area contributed by atoms with Crippen LogP contribution in [0.15, 0.2) is 42.5 Å². The lowest BCUT2D eigenvalue weighted by atomic mass is 10.1. The highest BCUT2D eigenvalue weighted by molar-refractivity contribution is 5.94. The first-order valence-corrected chi connectivity index (χ1v) is 8.19. The van der Waals surface area contributed by atoms with Crippen molar-refractivity contribution in [1.29, 1.82) is 0 Å². The minimum absolute atomic E-state index is 0.0631. The SMILES string of the molecule is COC[C@H](C)NC(=O)c1ccc(OC)c(COc2ccc(C)cc2)c1. The van der Waals surface area contributed by atoms with Crippen molar-refractivity contribution in [2.24, 2.45) is 0 Å². The van der Waals surface area contributed by atoms with Crippen molar-refractivity contribution >= 4 is 5.91 Å². The zero-order chi connectivity index (χ0) is 18.2. The van der Waals surface area contributed by atoms with Crippen molar-refractivity contribution < 1.29 is 19.0 Å². The zero-order valence-corrected chi connectivity index (χ0v) is 15.2. The summed E-state index contributed by atoms with van der Waals surface area (Å²) in [5, 5.41) is 2.90. The van der Waals surface area contributed by atoms with Gasteiger partial charge in [-0.1, -0.05) is 17.7 Å². The Hall–Kier alpha value is -2.53. The summed E-state index contributed by atoms with van der Waals surface area (Å²) in [6.45, 7) is 4.71. The molecule has 5 heteroatoms. The Morgan fingerprint density at radius 3 is 2.48 bits per heavy atom. The maximum Gasteiger partial charge on any atom is 0.251 e. The summed E-state index contributed by atoms with van der Waals surface area (Å²) in [6, 6.07) is 13.1. The molecule has 0 bridgehead atoms. The van der Waals surface area contributed by atoms with Gasteiger partial charge < -0.3 is 19.5 Å². The van der Waals surface area contributed by atoms with Crippen LogP contribution in [0, 0.1) is 6.92 Å². The zero-order valence-electron chi connectivity index (χ0n) is 15.2. The van der Waals surface area contributed by atoms with Gasteiger partial charge in [-0.15, -0.1) is 0 Å². The molecule has 0 saturated carbocycles. The number of amides is 1. The van der Waals surface area contributed by atoms with Crippen LogP contribution < -0.4 is 14.8 Å². The molecule has 2 aromatic rings. The maximum atomic E-state index is 12.3. The van der Waals surface area contributed by atoms with Crippen LogP contribution in [0.3, 0.4) is 0 Å². The molecular weight excluding hydrogens is 318 g/mol. The molecular formula is C20H25NO4. The summed E-state index contributed by atoms with van der Waals surface area (Å²) >= 11 is 0. The van der Waals surface area contributed by atoms with Gasteiger partial charge in [0, 0.05) is 24.3 Å². The number of benzene rings is 2. The predicted octanol–water partition coefficient (Wildman–Crippen LogP) is 3.35. The Balaban J connectivity index is 2.10. The molecule has 0 aromatic heterocycles. The molecule has 1 N–H and O–H groups in total. The lowest BCUT2D eigenvalue weighted by Crippen LogP contribution is -2.35. The fraction of sp³-hybridized carbons (Fsp3) is 0.350. The summed E-state index contributed by atoms with van der Waals surface area (Å²) in [7, 11) is 3.21. The average Bonchev–Trinajstić information content (AvgIpc) is 2.61. The van der Waals surface area contributed by atoms with E-state index >= 15 is 0 Å². The molecule has 25 heavy (non-hydrogen) atoms. The van der Waals surface area contributed by atoms with Crippen LogP contribution in [-0.4, -0.2) is 32.8 Å². The topological polar surface area (TPSA) is 56.8 Å². The molecule has 0 radical (unpaired) electrons. The van der Waals surface area contributed by atoms with Crippen LogP contribution in [0.25, 0.3) is 0 Å². The summed E-state index contributed by atoms with van der Waals surface area (Å²) in [6.07, 6.45) is 0. The van der Waals surface area contributed by atoms with E-state index < -0.39 is 0 Å². The molecule has 1 amide bonds. The van der Waals surface area contributed by atoms with Crippen molar-refractivity contribution in [3.63, 3.8) is 0 Å². The second kappa shape index (κ2) is 9.08. The molecule has 0 spiro atoms. The Bertz CT molecular complexity index is 697. The van der Waals surface area contributed by atoms with E-state index in [9.17, 15) is 4.79 Å². The van der Waals surface area contributed by atoms with E-state index in [1.807, 2.05) is 38.1 Å². The third-order valence-electron chi connectivity index (χ3n) is 3.75. The fourth-order valence-corrected chi connectivity index (χ4v) is 2.43. The lowest BCUT2D eigenvalue weighted by Gasteiger charge is -2.15. The van der Waals surface area contributed by atoms with Gasteiger partial charge in [0.05, 0.1) is 13.7 Å². The molecule has 0 heterocycles. The Morgan fingerprint density at radius 2 is 1.84 bits per heavy atom. The molecule has 0 aliphatic carbocycles. The van der Waals surface area contributed by atoms with Crippen LogP contribution in [0.2, 0.25) is 0 Å². The van der Waals surface area contributed by atoms with Gasteiger partial charge in [0.2, 0.25) is 0 Å². The van der Waals surface area contributed by atoms with E-state index in [1.165, 1.54) is 5.56 Å². The van der Waals surface area contributed by atoms with E-state index in [0.29, 0.717) is 24.5 Å². The van der Waals surface area contributed by atoms with E-state index in [0.717, 1.165) is 11.3 Å². The van der Waals surface area contributed by atoms with Gasteiger partial charge in [-0.3, -0.25) is 4.79 Å². The number of rotatable bonds is 8. The standard InChI is InChI=1S/C20H25NO4/c1-14-5-8-18(9-6-14)25-13-17-11-16(7-10-19(17)24-4)20(22)21-15(2)12-23-3/h5-11,15H,12-13H2,1-4H3,(H,21,22)/t15-/m0/s1. The number of ether oxygens (including phenoxy) is 3. The van der Waals surface area contributed by atoms with Crippen molar-refractivity contribution in [2.75, 3.05) is 20.8 Å². The summed E-state index contributed by atoms with van der Waals surface area (Å²) in [4.78, 5) is 12.3. The van der Waals surface area contributed by atoms with Crippen LogP contribution in [0.4, 0.5) is 0 Å². The Morgan fingerprint density at radius 1 is 1.12 bits per heavy atom. The fourth-order valence-electron chi connectivity index (χ4n) is 2.43. The number of nitrogens with one attached hydrogen (secondary N) is 1. The molecule has 2 rings (SSSR count). The monoisotopic (exact) mass is 343 g/mol. The number of carbonyl (C=O) groups is 1. The molecule has 0 aliphatic rings. The maximum absolute atomic E-state index is 12.3. The van der Waals surface area contributed by atoms with Gasteiger partial charge in [-0.05, 0) is 44.2 Å². The van der Waals surface area contributed by atoms with E-state index in [1.54, 1.807) is 32.4 Å². The predicted molar refractivity (Wildman–Crippen MR) is 97.3 cm³/mol. The molecule has 0 unspecified atom stereocenters. The van der Waals surface area contributed by atoms with Crippen LogP contribution in [0.1, 0.15) is 28.4 Å². The number of methoxy groups -OCH3 is 2. The summed E-state index contributed by atoms with van der Waals surface area (Å²) in [5.41, 5.74) is 2.55. The van der Waals surface area contributed by atoms with Gasteiger partial charge in [0.25, 0.3) is 5.91 Å². The van der Waals surface area contributed by atoms with Crippen molar-refractivity contribution in [3.8, 4) is 11.5 Å². The van der Waals surface area contributed by atoms with Crippen LogP contribution in [-0.2, 0) is 11.3 Å². The first-order valence-electron chi connectivity index (χ1n) is 8.19. The molecule has 5 nitrogen and oxygen atoms in total. The Kier molecular flexibility index (Phi) is 6.83. The van der Waals surface area contributed by atoms with Crippen molar-refractivity contribution in [3.05, 3.63) is 59.2 Å². The number of carbonyl (C=O) groups excluding carboxylic acids is 1. The minimum atomic E-state index is -0.149. The van der Waals surface area contributed by atoms with Crippen molar-refractivity contribution in [2.45, 2.75) is 26.5 Å². The molecule has 0 fully saturated rings. The largest absolute Gasteiger partial charge is 0.496 e. The Labute approximate surface area is 148 Å². The third-order valence-corrected chi connectivity index (χ3v) is 3.75. The molecule has 2 aromatic carbocycles. The van der Waals surface area contributed by atoms with Gasteiger partial charge >= 0.3 is 0 Å². The second-order valence-electron chi connectivity index (χ2n) is 5.96. The minimum Gasteiger partial charge on any atom is -0.496 e. The highest BCUT2D eigenvalue weighted by Crippen LogP contribution is 2.22. The number of aryl methyl sites for hydroxylation is 1. The van der Waals surface area contributed by atoms with Gasteiger partial charge in [0.1, 0.15) is 18.1 Å². The number of hydrogen-bond acceptors (Lipinski definition) is 4. The van der Waals surface area contributed by atoms with Crippen LogP contribution >= 0.6 is 0 Å². The molecule has 1 atom stereocenters. The lowest BCUT2D eigenvalue weighted by molar-refractivity contribution is 0.0905. The van der Waals surface area contributed by atoms with Gasteiger partial charge in [-0.2, -0.15) is 0 Å². The van der Waals surface area contributed by atoms with E-state index in [4.69, 9.17) is 14.2 Å². The smallest absolute Gasteiger partial charge is 0.251 e. The van der Waals surface area contributed by atoms with Gasteiger partial charge in [0.15, 0.2) is 0 Å². The second-order valence-corrected chi connectivity index (χ2v) is 5.96. The molecule has 134 valence electrons. The van der Waals surface area contributed by atoms with E-state index in [-0.39, 0.29) is 11.9 Å². The van der Waals surface area contributed by atoms with E-state index in [2.05, 4.69) is 5.32 Å². The summed E-state index contributed by atoms with van der Waals surface area (Å²) < 4.78 is 16.2. The highest BCUT2D eigenvalue weighted by Gasteiger charge is 2.13. The quantitative estimate of drug-likeness (QED) is 0.799. The molecule has 0 aliphatic heterocycles. The average molecular weight is 343 g/mol. The number of hydrogen-bond donors (Lipinski definition) is 1. The van der Waals surface area contributed by atoms with Crippen molar-refractivity contribution in [1.82, 2.24) is 5.32 Å². The van der Waals surface area contributed by atoms with Crippen LogP contribution in [0.5, 0.6) is 11.5 Å². The third kappa shape index (κ3) is 5.50. The summed E-state index contributed by atoms with van der Waals surface area (Å²) in [5.74, 6) is 1.31. The normalized spacial score (nSPS) is 11.7. The van der Waals surface area contributed by atoms with Gasteiger partial charge in [-0.25, -0.2) is 0 Å². The first kappa shape index (κ1) is 18.8. The first-order chi connectivity index (χ1) is 12.0.